The van der Waals surface area contributed by atoms with Crippen molar-refractivity contribution in [2.75, 3.05) is 10.6 Å². The van der Waals surface area contributed by atoms with Gasteiger partial charge >= 0.3 is 0 Å². The summed E-state index contributed by atoms with van der Waals surface area (Å²) in [5.41, 5.74) is 1.30. The van der Waals surface area contributed by atoms with E-state index in [9.17, 15) is 9.59 Å². The van der Waals surface area contributed by atoms with Crippen LogP contribution >= 0.6 is 0 Å². The lowest BCUT2D eigenvalue weighted by molar-refractivity contribution is -0.122. The molecule has 0 radical (unpaired) electrons. The highest BCUT2D eigenvalue weighted by atomic mass is 16.5. The minimum Gasteiger partial charge on any atom is -0.479 e. The number of benzene rings is 1. The van der Waals surface area contributed by atoms with Crippen LogP contribution in [0, 0.1) is 5.92 Å². The van der Waals surface area contributed by atoms with Gasteiger partial charge < -0.3 is 15.4 Å². The normalized spacial score (nSPS) is 21.9. The molecule has 2 aliphatic rings. The van der Waals surface area contributed by atoms with Gasteiger partial charge in [0, 0.05) is 11.6 Å². The number of fused-ring (bicyclic) bond motifs is 1. The van der Waals surface area contributed by atoms with Crippen LogP contribution in [-0.2, 0) is 9.59 Å². The Balaban J connectivity index is 1.74. The van der Waals surface area contributed by atoms with Crippen LogP contribution < -0.4 is 15.4 Å². The van der Waals surface area contributed by atoms with E-state index >= 15 is 0 Å². The largest absolute Gasteiger partial charge is 0.479 e. The van der Waals surface area contributed by atoms with Gasteiger partial charge in [-0.05, 0) is 38.0 Å². The van der Waals surface area contributed by atoms with Crippen LogP contribution in [0.2, 0.25) is 0 Å². The first-order valence-electron chi connectivity index (χ1n) is 7.06. The molecule has 1 aliphatic carbocycles. The molecule has 1 aliphatic heterocycles. The molecule has 5 nitrogen and oxygen atoms in total. The van der Waals surface area contributed by atoms with Crippen molar-refractivity contribution in [1.82, 2.24) is 0 Å². The van der Waals surface area contributed by atoms with Gasteiger partial charge in [0.15, 0.2) is 6.10 Å². The summed E-state index contributed by atoms with van der Waals surface area (Å²) in [6.45, 7) is 1.70. The molecule has 3 rings (SSSR count). The van der Waals surface area contributed by atoms with Crippen molar-refractivity contribution in [2.24, 2.45) is 5.92 Å². The summed E-state index contributed by atoms with van der Waals surface area (Å²) in [5, 5.41) is 5.69. The van der Waals surface area contributed by atoms with Crippen molar-refractivity contribution in [1.29, 1.82) is 0 Å². The molecule has 2 N–H and O–H groups in total. The monoisotopic (exact) mass is 274 g/mol. The maximum absolute atomic E-state index is 12.1. The Morgan fingerprint density at radius 2 is 2.10 bits per heavy atom. The summed E-state index contributed by atoms with van der Waals surface area (Å²) in [6, 6.07) is 5.32. The molecule has 1 atom stereocenters. The minimum atomic E-state index is -0.485. The lowest BCUT2D eigenvalue weighted by atomic mass is 10.1. The van der Waals surface area contributed by atoms with Crippen molar-refractivity contribution < 1.29 is 14.3 Å². The Morgan fingerprint density at radius 3 is 2.85 bits per heavy atom. The first kappa shape index (κ1) is 13.0. The van der Waals surface area contributed by atoms with Crippen LogP contribution in [0.5, 0.6) is 5.75 Å². The summed E-state index contributed by atoms with van der Waals surface area (Å²) in [6.07, 6.45) is 3.71. The number of rotatable bonds is 2. The van der Waals surface area contributed by atoms with Crippen molar-refractivity contribution in [3.05, 3.63) is 18.2 Å². The van der Waals surface area contributed by atoms with E-state index in [-0.39, 0.29) is 17.7 Å². The first-order valence-corrected chi connectivity index (χ1v) is 7.06. The molecule has 1 heterocycles. The average Bonchev–Trinajstić information content (AvgIpc) is 2.94. The van der Waals surface area contributed by atoms with Gasteiger partial charge in [-0.2, -0.15) is 0 Å². The van der Waals surface area contributed by atoms with E-state index in [1.54, 1.807) is 25.1 Å². The number of hydrogen-bond acceptors (Lipinski definition) is 3. The molecule has 106 valence electrons. The van der Waals surface area contributed by atoms with Crippen LogP contribution in [0.3, 0.4) is 0 Å². The lowest BCUT2D eigenvalue weighted by Crippen LogP contribution is -2.34. The maximum atomic E-state index is 12.1. The van der Waals surface area contributed by atoms with Crippen LogP contribution in [0.25, 0.3) is 0 Å². The maximum Gasteiger partial charge on any atom is 0.265 e. The van der Waals surface area contributed by atoms with Crippen LogP contribution in [0.1, 0.15) is 32.6 Å². The third kappa shape index (κ3) is 2.48. The second-order valence-corrected chi connectivity index (χ2v) is 5.43. The van der Waals surface area contributed by atoms with Gasteiger partial charge in [0.25, 0.3) is 5.91 Å². The Bertz CT molecular complexity index is 550. The smallest absolute Gasteiger partial charge is 0.265 e. The summed E-state index contributed by atoms with van der Waals surface area (Å²) in [7, 11) is 0. The Labute approximate surface area is 117 Å². The van der Waals surface area contributed by atoms with Crippen molar-refractivity contribution in [2.45, 2.75) is 38.7 Å². The minimum absolute atomic E-state index is 0.0684. The fourth-order valence-electron chi connectivity index (χ4n) is 2.72. The van der Waals surface area contributed by atoms with Crippen molar-refractivity contribution in [3.63, 3.8) is 0 Å². The van der Waals surface area contributed by atoms with E-state index in [4.69, 9.17) is 4.74 Å². The average molecular weight is 274 g/mol. The lowest BCUT2D eigenvalue weighted by Gasteiger charge is -2.23. The molecule has 20 heavy (non-hydrogen) atoms. The molecule has 1 aromatic carbocycles. The molecule has 1 fully saturated rings. The van der Waals surface area contributed by atoms with E-state index in [0.717, 1.165) is 25.7 Å². The predicted octanol–water partition coefficient (Wildman–Crippen LogP) is 2.53. The first-order chi connectivity index (χ1) is 9.63. The van der Waals surface area contributed by atoms with E-state index in [0.29, 0.717) is 17.1 Å². The second-order valence-electron chi connectivity index (χ2n) is 5.43. The molecule has 0 saturated heterocycles. The Morgan fingerprint density at radius 1 is 1.35 bits per heavy atom. The molecule has 1 saturated carbocycles. The second kappa shape index (κ2) is 5.15. The molecule has 2 amide bonds. The Kier molecular flexibility index (Phi) is 3.34. The molecular formula is C15H18N2O3. The molecular weight excluding hydrogens is 256 g/mol. The SMILES string of the molecule is C[C@@H]1Oc2ccc(NC(=O)C3CCCC3)cc2NC1=O. The number of amides is 2. The topological polar surface area (TPSA) is 67.4 Å². The van der Waals surface area contributed by atoms with E-state index in [2.05, 4.69) is 10.6 Å². The third-order valence-corrected chi connectivity index (χ3v) is 3.90. The van der Waals surface area contributed by atoms with Gasteiger partial charge in [0.05, 0.1) is 5.69 Å². The quantitative estimate of drug-likeness (QED) is 0.870. The summed E-state index contributed by atoms with van der Waals surface area (Å²) < 4.78 is 5.48. The fourth-order valence-corrected chi connectivity index (χ4v) is 2.72. The molecule has 0 spiro atoms. The molecule has 0 bridgehead atoms. The molecule has 1 aromatic rings. The zero-order valence-corrected chi connectivity index (χ0v) is 11.4. The van der Waals surface area contributed by atoms with Gasteiger partial charge in [-0.3, -0.25) is 9.59 Å². The zero-order chi connectivity index (χ0) is 14.1. The van der Waals surface area contributed by atoms with Gasteiger partial charge in [0.1, 0.15) is 5.75 Å². The summed E-state index contributed by atoms with van der Waals surface area (Å²) in [4.78, 5) is 23.6. The number of hydrogen-bond donors (Lipinski definition) is 2. The van der Waals surface area contributed by atoms with Gasteiger partial charge in [-0.15, -0.1) is 0 Å². The standard InChI is InChI=1S/C15H18N2O3/c1-9-14(18)17-12-8-11(6-7-13(12)20-9)16-15(19)10-4-2-3-5-10/h6-10H,2-5H2,1H3,(H,16,19)(H,17,18)/t9-/m0/s1. The number of anilines is 2. The summed E-state index contributed by atoms with van der Waals surface area (Å²) in [5.74, 6) is 0.656. The predicted molar refractivity (Wildman–Crippen MR) is 75.7 cm³/mol. The van der Waals surface area contributed by atoms with Crippen LogP contribution in [-0.4, -0.2) is 17.9 Å². The zero-order valence-electron chi connectivity index (χ0n) is 11.4. The van der Waals surface area contributed by atoms with E-state index in [1.165, 1.54) is 0 Å². The van der Waals surface area contributed by atoms with E-state index < -0.39 is 6.10 Å². The van der Waals surface area contributed by atoms with Gasteiger partial charge in [0.2, 0.25) is 5.91 Å². The van der Waals surface area contributed by atoms with Gasteiger partial charge in [-0.1, -0.05) is 12.8 Å². The van der Waals surface area contributed by atoms with Crippen LogP contribution in [0.4, 0.5) is 11.4 Å². The highest BCUT2D eigenvalue weighted by Gasteiger charge is 2.25. The van der Waals surface area contributed by atoms with Crippen molar-refractivity contribution >= 4 is 23.2 Å². The molecule has 0 unspecified atom stereocenters. The molecule has 0 aromatic heterocycles. The number of carbonyl (C=O) groups excluding carboxylic acids is 2. The number of carbonyl (C=O) groups is 2. The molecule has 5 heteroatoms. The van der Waals surface area contributed by atoms with E-state index in [1.807, 2.05) is 0 Å². The summed E-state index contributed by atoms with van der Waals surface area (Å²) >= 11 is 0. The van der Waals surface area contributed by atoms with Crippen LogP contribution in [0.15, 0.2) is 18.2 Å². The third-order valence-electron chi connectivity index (χ3n) is 3.90. The van der Waals surface area contributed by atoms with Gasteiger partial charge in [-0.25, -0.2) is 0 Å². The number of ether oxygens (including phenoxy) is 1. The van der Waals surface area contributed by atoms with Crippen molar-refractivity contribution in [3.8, 4) is 5.75 Å². The highest BCUT2D eigenvalue weighted by Crippen LogP contribution is 2.33. The fraction of sp³-hybridized carbons (Fsp3) is 0.467. The Hall–Kier alpha value is -2.04. The number of nitrogens with one attached hydrogen (secondary N) is 2. The highest BCUT2D eigenvalue weighted by molar-refractivity contribution is 5.99.